The Bertz CT molecular complexity index is 1560. The average Bonchev–Trinajstić information content (AvgIpc) is 2.87. The second-order valence-electron chi connectivity index (χ2n) is 7.44. The van der Waals surface area contributed by atoms with Crippen LogP contribution in [0.3, 0.4) is 0 Å². The Morgan fingerprint density at radius 3 is 1.63 bits per heavy atom. The number of hydrogen-bond donors (Lipinski definition) is 2. The molecular weight excluding hydrogens is 526 g/mol. The van der Waals surface area contributed by atoms with Crippen molar-refractivity contribution in [3.05, 3.63) is 102 Å². The third kappa shape index (κ3) is 9.26. The largest absolute Gasteiger partial charge is 1.00 e. The predicted molar refractivity (Wildman–Crippen MR) is 133 cm³/mol. The van der Waals surface area contributed by atoms with Crippen LogP contribution in [-0.2, 0) is 10.1 Å². The number of rotatable bonds is 7. The minimum Gasteiger partial charge on any atom is -0.744 e. The van der Waals surface area contributed by atoms with Crippen LogP contribution in [0.4, 0.5) is 22.7 Å². The fraction of sp³-hybridized carbons (Fsp3) is 0. The van der Waals surface area contributed by atoms with Crippen LogP contribution in [0.1, 0.15) is 11.1 Å². The SMILES string of the molecule is O=S(=O)([O-])c1cc(N=Nc2ccc(O)cc2)ccc1/C=C/c1[c-]cc(N=Nc2ccc(O)cc2)cc1.[Na+].[Na+]. The Morgan fingerprint density at radius 1 is 0.658 bits per heavy atom. The Hall–Kier alpha value is -2.67. The standard InChI is InChI=1S/C26H19N4O5S.2Na/c31-24-13-9-21(10-14-24)28-27-20-6-2-18(3-7-20)1-4-19-5-8-23(17-26(19)36(33,34)35)30-29-22-11-15-25(32)16-12-22;;/h1-2,4-17,31-32H,(H,33,34,35);;/q-1;2*+1/p-1/b4-1+,28-27?,30-29?;;. The van der Waals surface area contributed by atoms with E-state index in [4.69, 9.17) is 0 Å². The first-order valence-electron chi connectivity index (χ1n) is 10.5. The van der Waals surface area contributed by atoms with Crippen molar-refractivity contribution in [2.24, 2.45) is 20.5 Å². The summed E-state index contributed by atoms with van der Waals surface area (Å²) < 4.78 is 35.5. The van der Waals surface area contributed by atoms with Crippen LogP contribution < -0.4 is 59.1 Å². The monoisotopic (exact) mass is 544 g/mol. The van der Waals surface area contributed by atoms with Crippen LogP contribution in [-0.4, -0.2) is 23.2 Å². The molecule has 0 aromatic heterocycles. The van der Waals surface area contributed by atoms with Gasteiger partial charge in [-0.3, -0.25) is 0 Å². The quantitative estimate of drug-likeness (QED) is 0.116. The van der Waals surface area contributed by atoms with E-state index < -0.39 is 15.0 Å². The summed E-state index contributed by atoms with van der Waals surface area (Å²) in [5, 5.41) is 34.7. The third-order valence-corrected chi connectivity index (χ3v) is 5.68. The van der Waals surface area contributed by atoms with Crippen LogP contribution in [0.25, 0.3) is 12.2 Å². The zero-order chi connectivity index (χ0) is 25.5. The summed E-state index contributed by atoms with van der Waals surface area (Å²) in [6.07, 6.45) is 3.11. The summed E-state index contributed by atoms with van der Waals surface area (Å²) in [5.74, 6) is 0.217. The summed E-state index contributed by atoms with van der Waals surface area (Å²) in [6, 6.07) is 24.4. The van der Waals surface area contributed by atoms with E-state index in [0.717, 1.165) is 6.07 Å². The molecule has 0 aliphatic rings. The number of benzene rings is 4. The number of azo groups is 2. The molecule has 0 saturated carbocycles. The Balaban J connectivity index is 0.00000253. The maximum atomic E-state index is 11.8. The summed E-state index contributed by atoms with van der Waals surface area (Å²) in [4.78, 5) is -0.430. The number of phenolic OH excluding ortho intramolecular Hbond substituents is 2. The molecule has 12 heteroatoms. The second kappa shape index (κ2) is 14.5. The fourth-order valence-corrected chi connectivity index (χ4v) is 3.67. The summed E-state index contributed by atoms with van der Waals surface area (Å²) in [7, 11) is -4.78. The van der Waals surface area contributed by atoms with Crippen molar-refractivity contribution in [1.29, 1.82) is 0 Å². The zero-order valence-corrected chi connectivity index (χ0v) is 25.4. The van der Waals surface area contributed by atoms with Gasteiger partial charge >= 0.3 is 59.1 Å². The number of phenols is 2. The van der Waals surface area contributed by atoms with E-state index in [0.29, 0.717) is 22.6 Å². The van der Waals surface area contributed by atoms with Gasteiger partial charge in [-0.25, -0.2) is 13.5 Å². The molecule has 180 valence electrons. The van der Waals surface area contributed by atoms with Gasteiger partial charge in [0, 0.05) is 5.69 Å². The van der Waals surface area contributed by atoms with Crippen molar-refractivity contribution < 1.29 is 82.3 Å². The van der Waals surface area contributed by atoms with Crippen LogP contribution in [0.2, 0.25) is 0 Å². The molecule has 0 saturated heterocycles. The van der Waals surface area contributed by atoms with E-state index in [2.05, 4.69) is 26.5 Å². The molecule has 4 aromatic rings. The molecule has 0 radical (unpaired) electrons. The molecule has 0 heterocycles. The Morgan fingerprint density at radius 2 is 1.13 bits per heavy atom. The smallest absolute Gasteiger partial charge is 0.744 e. The van der Waals surface area contributed by atoms with Gasteiger partial charge in [0.2, 0.25) is 0 Å². The third-order valence-electron chi connectivity index (χ3n) is 4.79. The Kier molecular flexibility index (Phi) is 12.0. The van der Waals surface area contributed by atoms with Gasteiger partial charge < -0.3 is 14.8 Å². The van der Waals surface area contributed by atoms with Crippen molar-refractivity contribution in [3.63, 3.8) is 0 Å². The van der Waals surface area contributed by atoms with E-state index in [-0.39, 0.29) is 81.9 Å². The van der Waals surface area contributed by atoms with Crippen molar-refractivity contribution in [1.82, 2.24) is 0 Å². The molecule has 0 fully saturated rings. The minimum atomic E-state index is -4.78. The molecule has 0 spiro atoms. The van der Waals surface area contributed by atoms with E-state index in [9.17, 15) is 23.2 Å². The maximum Gasteiger partial charge on any atom is 1.00 e. The first-order valence-corrected chi connectivity index (χ1v) is 11.9. The van der Waals surface area contributed by atoms with Crippen molar-refractivity contribution in [2.45, 2.75) is 4.90 Å². The number of hydrogen-bond acceptors (Lipinski definition) is 9. The van der Waals surface area contributed by atoms with E-state index >= 15 is 0 Å². The molecule has 4 aromatic carbocycles. The van der Waals surface area contributed by atoms with Gasteiger partial charge in [-0.15, -0.1) is 30.3 Å². The van der Waals surface area contributed by atoms with Gasteiger partial charge in [0.25, 0.3) is 0 Å². The number of nitrogens with zero attached hydrogens (tertiary/aromatic N) is 4. The van der Waals surface area contributed by atoms with E-state index in [1.165, 1.54) is 54.6 Å². The molecule has 4 rings (SSSR count). The minimum absolute atomic E-state index is 0. The number of aromatic hydroxyl groups is 2. The summed E-state index contributed by atoms with van der Waals surface area (Å²) >= 11 is 0. The van der Waals surface area contributed by atoms with Gasteiger partial charge in [-0.1, -0.05) is 12.1 Å². The van der Waals surface area contributed by atoms with E-state index in [1.54, 1.807) is 36.4 Å². The van der Waals surface area contributed by atoms with Gasteiger partial charge in [0.05, 0.1) is 22.0 Å². The predicted octanol–water partition coefficient (Wildman–Crippen LogP) is 0.811. The van der Waals surface area contributed by atoms with Gasteiger partial charge in [-0.05, 0) is 66.2 Å². The van der Waals surface area contributed by atoms with Crippen LogP contribution >= 0.6 is 0 Å². The summed E-state index contributed by atoms with van der Waals surface area (Å²) in [6.45, 7) is 0. The van der Waals surface area contributed by atoms with Gasteiger partial charge in [0.1, 0.15) is 21.6 Å². The van der Waals surface area contributed by atoms with Crippen molar-refractivity contribution in [3.8, 4) is 11.5 Å². The molecule has 0 bridgehead atoms. The van der Waals surface area contributed by atoms with Crippen LogP contribution in [0.5, 0.6) is 11.5 Å². The average molecular weight is 545 g/mol. The first-order chi connectivity index (χ1) is 17.3. The molecule has 0 unspecified atom stereocenters. The van der Waals surface area contributed by atoms with E-state index in [1.807, 2.05) is 0 Å². The molecular formula is C26H18N4Na2O5S. The Labute approximate surface area is 264 Å². The van der Waals surface area contributed by atoms with Gasteiger partial charge in [-0.2, -0.15) is 20.9 Å². The van der Waals surface area contributed by atoms with Crippen LogP contribution in [0.15, 0.2) is 110 Å². The molecule has 38 heavy (non-hydrogen) atoms. The van der Waals surface area contributed by atoms with Crippen molar-refractivity contribution >= 4 is 45.0 Å². The van der Waals surface area contributed by atoms with Crippen LogP contribution in [0, 0.1) is 6.07 Å². The fourth-order valence-electron chi connectivity index (χ4n) is 2.98. The zero-order valence-electron chi connectivity index (χ0n) is 20.6. The molecule has 2 N–H and O–H groups in total. The summed E-state index contributed by atoms with van der Waals surface area (Å²) in [5.41, 5.74) is 2.58. The molecule has 0 aliphatic heterocycles. The molecule has 0 atom stereocenters. The van der Waals surface area contributed by atoms with Crippen molar-refractivity contribution in [2.75, 3.05) is 0 Å². The molecule has 0 aliphatic carbocycles. The normalized spacial score (nSPS) is 11.5. The molecule has 0 amide bonds. The molecule has 9 nitrogen and oxygen atoms in total. The maximum absolute atomic E-state index is 11.8. The first kappa shape index (κ1) is 31.5. The van der Waals surface area contributed by atoms with Gasteiger partial charge in [0.15, 0.2) is 0 Å². The topological polar surface area (TPSA) is 147 Å². The second-order valence-corrected chi connectivity index (χ2v) is 8.79.